The normalized spacial score (nSPS) is 24.2. The number of nitrogens with zero attached hydrogens (tertiary/aromatic N) is 2. The number of carbonyl (C=O) groups is 2. The average molecular weight is 276 g/mol. The number of hydrogen-bond donors (Lipinski definition) is 2. The Morgan fingerprint density at radius 3 is 2.50 bits per heavy atom. The molecule has 1 fully saturated rings. The van der Waals surface area contributed by atoms with Crippen molar-refractivity contribution in [3.05, 3.63) is 0 Å². The molecule has 2 N–H and O–H groups in total. The molecule has 2 amide bonds. The second kappa shape index (κ2) is 5.36. The monoisotopic (exact) mass is 276 g/mol. The van der Waals surface area contributed by atoms with E-state index >= 15 is 0 Å². The summed E-state index contributed by atoms with van der Waals surface area (Å²) in [6.45, 7) is 5.09. The molecule has 0 saturated carbocycles. The second-order valence-corrected chi connectivity index (χ2v) is 6.35. The largest absolute Gasteiger partial charge is 0.480 e. The van der Waals surface area contributed by atoms with E-state index in [2.05, 4.69) is 0 Å². The van der Waals surface area contributed by atoms with Crippen molar-refractivity contribution in [2.45, 2.75) is 37.7 Å². The van der Waals surface area contributed by atoms with Crippen LogP contribution in [0, 0.1) is 0 Å². The fourth-order valence-corrected chi connectivity index (χ4v) is 2.82. The van der Waals surface area contributed by atoms with Gasteiger partial charge in [-0.3, -0.25) is 4.90 Å². The van der Waals surface area contributed by atoms with Crippen LogP contribution in [0.2, 0.25) is 0 Å². The molecule has 0 bridgehead atoms. The summed E-state index contributed by atoms with van der Waals surface area (Å²) in [7, 11) is 1.58. The molecule has 0 spiro atoms. The van der Waals surface area contributed by atoms with Crippen LogP contribution in [0.15, 0.2) is 0 Å². The van der Waals surface area contributed by atoms with Crippen molar-refractivity contribution >= 4 is 23.8 Å². The molecule has 104 valence electrons. The Balaban J connectivity index is 2.91. The summed E-state index contributed by atoms with van der Waals surface area (Å²) in [6.07, 6.45) is 0. The number of amides is 2. The van der Waals surface area contributed by atoms with Gasteiger partial charge in [-0.15, -0.1) is 11.8 Å². The molecule has 1 heterocycles. The van der Waals surface area contributed by atoms with E-state index < -0.39 is 17.6 Å². The smallest absolute Gasteiger partial charge is 0.327 e. The molecule has 7 heteroatoms. The van der Waals surface area contributed by atoms with Gasteiger partial charge in [0.25, 0.3) is 0 Å². The number of carboxylic acid groups (broad SMARTS) is 1. The number of carboxylic acids is 1. The standard InChI is InChI=1S/C11H20N2O4S/c1-7-13(8(5-18-7)9(15)16)10(17)12(4)11(2,3)6-14/h7-8,14H,5-6H2,1-4H3,(H,15,16). The average Bonchev–Trinajstić information content (AvgIpc) is 2.69. The molecule has 2 unspecified atom stereocenters. The lowest BCUT2D eigenvalue weighted by Gasteiger charge is -2.38. The predicted octanol–water partition coefficient (Wildman–Crippen LogP) is 0.657. The fourth-order valence-electron chi connectivity index (χ4n) is 1.66. The Hall–Kier alpha value is -0.950. The molecule has 1 aliphatic heterocycles. The minimum atomic E-state index is -0.990. The highest BCUT2D eigenvalue weighted by atomic mass is 32.2. The van der Waals surface area contributed by atoms with Crippen LogP contribution in [0.3, 0.4) is 0 Å². The van der Waals surface area contributed by atoms with Crippen LogP contribution in [-0.2, 0) is 4.79 Å². The van der Waals surface area contributed by atoms with Gasteiger partial charge in [0.1, 0.15) is 6.04 Å². The van der Waals surface area contributed by atoms with Gasteiger partial charge in [0.2, 0.25) is 0 Å². The minimum absolute atomic E-state index is 0.171. The van der Waals surface area contributed by atoms with Crippen molar-refractivity contribution in [2.75, 3.05) is 19.4 Å². The SMILES string of the molecule is CC1SCC(C(=O)O)N1C(=O)N(C)C(C)(C)CO. The van der Waals surface area contributed by atoms with Crippen molar-refractivity contribution in [1.29, 1.82) is 0 Å². The molecule has 1 aliphatic rings. The van der Waals surface area contributed by atoms with E-state index in [1.54, 1.807) is 20.9 Å². The predicted molar refractivity (Wildman–Crippen MR) is 69.5 cm³/mol. The maximum atomic E-state index is 12.3. The summed E-state index contributed by atoms with van der Waals surface area (Å²) in [4.78, 5) is 26.2. The number of carbonyl (C=O) groups excluding carboxylic acids is 1. The van der Waals surface area contributed by atoms with Gasteiger partial charge in [0.05, 0.1) is 17.5 Å². The summed E-state index contributed by atoms with van der Waals surface area (Å²) in [6, 6.07) is -1.16. The Morgan fingerprint density at radius 2 is 2.06 bits per heavy atom. The summed E-state index contributed by atoms with van der Waals surface area (Å²) >= 11 is 1.44. The van der Waals surface area contributed by atoms with E-state index in [0.29, 0.717) is 5.75 Å². The van der Waals surface area contributed by atoms with E-state index in [4.69, 9.17) is 5.11 Å². The maximum absolute atomic E-state index is 12.3. The molecular formula is C11H20N2O4S. The Bertz CT molecular complexity index is 348. The summed E-state index contributed by atoms with van der Waals surface area (Å²) < 4.78 is 0. The van der Waals surface area contributed by atoms with Crippen molar-refractivity contribution in [3.63, 3.8) is 0 Å². The van der Waals surface area contributed by atoms with Crippen molar-refractivity contribution in [3.8, 4) is 0 Å². The van der Waals surface area contributed by atoms with Gasteiger partial charge in [0.15, 0.2) is 0 Å². The topological polar surface area (TPSA) is 81.1 Å². The highest BCUT2D eigenvalue weighted by molar-refractivity contribution is 8.00. The van der Waals surface area contributed by atoms with E-state index in [0.717, 1.165) is 0 Å². The number of aliphatic carboxylic acids is 1. The van der Waals surface area contributed by atoms with Crippen molar-refractivity contribution in [1.82, 2.24) is 9.80 Å². The van der Waals surface area contributed by atoms with Crippen LogP contribution in [0.4, 0.5) is 4.79 Å². The first-order chi connectivity index (χ1) is 8.22. The third-order valence-corrected chi connectivity index (χ3v) is 4.53. The molecule has 6 nitrogen and oxygen atoms in total. The van der Waals surface area contributed by atoms with Crippen LogP contribution in [0.5, 0.6) is 0 Å². The van der Waals surface area contributed by atoms with Gasteiger partial charge < -0.3 is 15.1 Å². The minimum Gasteiger partial charge on any atom is -0.480 e. The van der Waals surface area contributed by atoms with Crippen molar-refractivity contribution in [2.24, 2.45) is 0 Å². The Morgan fingerprint density at radius 1 is 1.50 bits per heavy atom. The lowest BCUT2D eigenvalue weighted by molar-refractivity contribution is -0.141. The van der Waals surface area contributed by atoms with Gasteiger partial charge in [-0.2, -0.15) is 0 Å². The maximum Gasteiger partial charge on any atom is 0.327 e. The Kier molecular flexibility index (Phi) is 4.50. The lowest BCUT2D eigenvalue weighted by atomic mass is 10.1. The molecule has 0 aliphatic carbocycles. The van der Waals surface area contributed by atoms with Gasteiger partial charge >= 0.3 is 12.0 Å². The number of likely N-dealkylation sites (N-methyl/N-ethyl adjacent to an activating group) is 1. The third kappa shape index (κ3) is 2.72. The fraction of sp³-hybridized carbons (Fsp3) is 0.818. The molecule has 0 aromatic carbocycles. The molecule has 0 radical (unpaired) electrons. The molecular weight excluding hydrogens is 256 g/mol. The zero-order valence-electron chi connectivity index (χ0n) is 11.1. The summed E-state index contributed by atoms with van der Waals surface area (Å²) in [5, 5.41) is 18.2. The van der Waals surface area contributed by atoms with E-state index in [9.17, 15) is 14.7 Å². The first-order valence-corrected chi connectivity index (χ1v) is 6.78. The highest BCUT2D eigenvalue weighted by Gasteiger charge is 2.42. The summed E-state index contributed by atoms with van der Waals surface area (Å²) in [5.74, 6) is -0.592. The lowest BCUT2D eigenvalue weighted by Crippen LogP contribution is -2.56. The van der Waals surface area contributed by atoms with Gasteiger partial charge in [-0.1, -0.05) is 0 Å². The molecule has 1 saturated heterocycles. The quantitative estimate of drug-likeness (QED) is 0.791. The zero-order chi connectivity index (χ0) is 14.1. The van der Waals surface area contributed by atoms with E-state index in [1.165, 1.54) is 21.6 Å². The van der Waals surface area contributed by atoms with Crippen molar-refractivity contribution < 1.29 is 19.8 Å². The van der Waals surface area contributed by atoms with Crippen LogP contribution in [0.25, 0.3) is 0 Å². The molecule has 0 aromatic heterocycles. The van der Waals surface area contributed by atoms with Gasteiger partial charge in [-0.05, 0) is 20.8 Å². The number of hydrogen-bond acceptors (Lipinski definition) is 4. The summed E-state index contributed by atoms with van der Waals surface area (Å²) in [5.41, 5.74) is -0.715. The van der Waals surface area contributed by atoms with Crippen LogP contribution in [0.1, 0.15) is 20.8 Å². The zero-order valence-corrected chi connectivity index (χ0v) is 11.9. The van der Waals surface area contributed by atoms with Gasteiger partial charge in [-0.25, -0.2) is 9.59 Å². The van der Waals surface area contributed by atoms with Crippen LogP contribution in [-0.4, -0.2) is 68.4 Å². The van der Waals surface area contributed by atoms with Gasteiger partial charge in [0, 0.05) is 12.8 Å². The number of rotatable bonds is 3. The number of thioether (sulfide) groups is 1. The van der Waals surface area contributed by atoms with E-state index in [1.807, 2.05) is 6.92 Å². The Labute approximate surface area is 111 Å². The molecule has 2 atom stereocenters. The molecule has 0 aromatic rings. The molecule has 1 rings (SSSR count). The first-order valence-electron chi connectivity index (χ1n) is 5.73. The third-order valence-electron chi connectivity index (χ3n) is 3.31. The number of aliphatic hydroxyl groups is 1. The highest BCUT2D eigenvalue weighted by Crippen LogP contribution is 2.30. The second-order valence-electron chi connectivity index (χ2n) is 5.01. The van der Waals surface area contributed by atoms with Crippen LogP contribution < -0.4 is 0 Å². The van der Waals surface area contributed by atoms with Crippen LogP contribution >= 0.6 is 11.8 Å². The number of aliphatic hydroxyl groups excluding tert-OH is 1. The number of urea groups is 1. The molecule has 18 heavy (non-hydrogen) atoms. The first kappa shape index (κ1) is 15.1. The van der Waals surface area contributed by atoms with E-state index in [-0.39, 0.29) is 18.0 Å².